The molecule has 0 unspecified atom stereocenters. The molecule has 184 valence electrons. The van der Waals surface area contributed by atoms with Gasteiger partial charge in [0.1, 0.15) is 5.75 Å². The van der Waals surface area contributed by atoms with Crippen LogP contribution in [0.5, 0.6) is 5.75 Å². The van der Waals surface area contributed by atoms with Crippen molar-refractivity contribution in [1.29, 1.82) is 0 Å². The second-order valence-corrected chi connectivity index (χ2v) is 9.49. The Labute approximate surface area is 202 Å². The number of piperidine rings is 1. The first-order valence-corrected chi connectivity index (χ1v) is 11.9. The van der Waals surface area contributed by atoms with Crippen molar-refractivity contribution in [1.82, 2.24) is 20.4 Å². The van der Waals surface area contributed by atoms with E-state index in [2.05, 4.69) is 40.7 Å². The minimum absolute atomic E-state index is 0.213. The average molecular weight is 506 g/mol. The van der Waals surface area contributed by atoms with Crippen LogP contribution in [0.1, 0.15) is 31.2 Å². The first-order valence-electron chi connectivity index (χ1n) is 11.1. The number of carbonyl (C=O) groups excluding carboxylic acids is 1. The molecule has 3 heterocycles. The molecule has 0 atom stereocenters. The molecule has 9 nitrogen and oxygen atoms in total. The normalized spacial score (nSPS) is 17.6. The Hall–Kier alpha value is -3.48. The Bertz CT molecular complexity index is 1180. The number of aromatic nitrogens is 4. The van der Waals surface area contributed by atoms with Crippen molar-refractivity contribution in [2.75, 3.05) is 28.6 Å². The highest BCUT2D eigenvalue weighted by Crippen LogP contribution is 2.50. The third-order valence-corrected chi connectivity index (χ3v) is 6.92. The number of carbonyl (C=O) groups is 1. The zero-order chi connectivity index (χ0) is 24.5. The summed E-state index contributed by atoms with van der Waals surface area (Å²) in [5.41, 5.74) is -0.410. The monoisotopic (exact) mass is 505 g/mol. The molecule has 1 saturated heterocycles. The minimum Gasteiger partial charge on any atom is -0.406 e. The molecule has 1 amide bonds. The van der Waals surface area contributed by atoms with Crippen LogP contribution in [0, 0.1) is 0 Å². The van der Waals surface area contributed by atoms with Gasteiger partial charge in [0.05, 0.1) is 5.41 Å². The van der Waals surface area contributed by atoms with Gasteiger partial charge in [0.2, 0.25) is 16.2 Å². The largest absolute Gasteiger partial charge is 0.573 e. The number of benzene rings is 1. The number of anilines is 3. The zero-order valence-electron chi connectivity index (χ0n) is 18.5. The Balaban J connectivity index is 1.17. The maximum Gasteiger partial charge on any atom is 0.573 e. The molecule has 1 aliphatic heterocycles. The van der Waals surface area contributed by atoms with E-state index in [4.69, 9.17) is 0 Å². The van der Waals surface area contributed by atoms with Crippen LogP contribution in [0.2, 0.25) is 0 Å². The smallest absolute Gasteiger partial charge is 0.406 e. The Kier molecular flexibility index (Phi) is 6.17. The lowest BCUT2D eigenvalue weighted by atomic mass is 9.95. The third kappa shape index (κ3) is 5.45. The molecule has 2 aliphatic rings. The molecule has 1 aromatic carbocycles. The van der Waals surface area contributed by atoms with Gasteiger partial charge in [-0.3, -0.25) is 10.1 Å². The van der Waals surface area contributed by atoms with Crippen LogP contribution < -0.4 is 20.3 Å². The summed E-state index contributed by atoms with van der Waals surface area (Å²) in [6, 6.07) is 9.58. The molecule has 13 heteroatoms. The summed E-state index contributed by atoms with van der Waals surface area (Å²) in [5, 5.41) is 23.3. The summed E-state index contributed by atoms with van der Waals surface area (Å²) >= 11 is 1.23. The average Bonchev–Trinajstić information content (AvgIpc) is 3.55. The molecular formula is C22H22F3N7O2S. The predicted molar refractivity (Wildman–Crippen MR) is 123 cm³/mol. The van der Waals surface area contributed by atoms with E-state index in [1.807, 2.05) is 12.1 Å². The quantitative estimate of drug-likeness (QED) is 0.497. The number of hydrogen-bond donors (Lipinski definition) is 2. The summed E-state index contributed by atoms with van der Waals surface area (Å²) in [7, 11) is 0. The first kappa shape index (κ1) is 23.3. The Morgan fingerprint density at radius 3 is 2.54 bits per heavy atom. The second kappa shape index (κ2) is 9.29. The summed E-state index contributed by atoms with van der Waals surface area (Å²) in [6.45, 7) is 1.66. The number of rotatable bonds is 7. The van der Waals surface area contributed by atoms with Crippen LogP contribution in [-0.4, -0.2) is 51.8 Å². The molecule has 1 aliphatic carbocycles. The lowest BCUT2D eigenvalue weighted by Gasteiger charge is -2.32. The van der Waals surface area contributed by atoms with Crippen molar-refractivity contribution in [3.63, 3.8) is 0 Å². The van der Waals surface area contributed by atoms with Crippen LogP contribution in [0.15, 0.2) is 42.6 Å². The summed E-state index contributed by atoms with van der Waals surface area (Å²) in [6.07, 6.45) is -0.312. The fourth-order valence-electron chi connectivity index (χ4n) is 4.20. The lowest BCUT2D eigenvalue weighted by Crippen LogP contribution is -2.39. The number of nitrogens with one attached hydrogen (secondary N) is 2. The van der Waals surface area contributed by atoms with E-state index in [1.165, 1.54) is 29.5 Å². The topological polar surface area (TPSA) is 105 Å². The summed E-state index contributed by atoms with van der Waals surface area (Å²) in [5.74, 6) is 0.194. The molecule has 35 heavy (non-hydrogen) atoms. The molecular weight excluding hydrogens is 483 g/mol. The molecule has 2 aromatic heterocycles. The maximum absolute atomic E-state index is 13.0. The SMILES string of the molecule is O=C(Nc1nnc(NC2CCN(c3cccnn3)CC2)s1)C1(c2cccc(OC(F)(F)F)c2)CC1. The van der Waals surface area contributed by atoms with E-state index in [9.17, 15) is 18.0 Å². The molecule has 5 rings (SSSR count). The van der Waals surface area contributed by atoms with Gasteiger partial charge < -0.3 is 15.0 Å². The van der Waals surface area contributed by atoms with Crippen molar-refractivity contribution in [3.05, 3.63) is 48.2 Å². The van der Waals surface area contributed by atoms with E-state index in [1.54, 1.807) is 12.3 Å². The number of hydrogen-bond acceptors (Lipinski definition) is 9. The Morgan fingerprint density at radius 1 is 1.09 bits per heavy atom. The third-order valence-electron chi connectivity index (χ3n) is 6.16. The molecule has 1 saturated carbocycles. The van der Waals surface area contributed by atoms with E-state index in [0.717, 1.165) is 31.7 Å². The highest BCUT2D eigenvalue weighted by atomic mass is 32.1. The molecule has 0 spiro atoms. The molecule has 2 fully saturated rings. The minimum atomic E-state index is -4.79. The number of amides is 1. The lowest BCUT2D eigenvalue weighted by molar-refractivity contribution is -0.274. The second-order valence-electron chi connectivity index (χ2n) is 8.51. The molecule has 0 radical (unpaired) electrons. The molecule has 2 N–H and O–H groups in total. The van der Waals surface area contributed by atoms with E-state index >= 15 is 0 Å². The number of halogens is 3. The zero-order valence-corrected chi connectivity index (χ0v) is 19.3. The van der Waals surface area contributed by atoms with Crippen molar-refractivity contribution in [3.8, 4) is 5.75 Å². The van der Waals surface area contributed by atoms with Crippen LogP contribution in [0.25, 0.3) is 0 Å². The molecule has 0 bridgehead atoms. The number of alkyl halides is 3. The first-order chi connectivity index (χ1) is 16.8. The van der Waals surface area contributed by atoms with Gasteiger partial charge in [-0.25, -0.2) is 0 Å². The van der Waals surface area contributed by atoms with Crippen molar-refractivity contribution in [2.24, 2.45) is 0 Å². The van der Waals surface area contributed by atoms with Crippen molar-refractivity contribution in [2.45, 2.75) is 43.5 Å². The van der Waals surface area contributed by atoms with E-state index in [0.29, 0.717) is 28.7 Å². The standard InChI is InChI=1S/C22H22F3N7O2S/c23-22(24,25)34-16-4-1-3-14(13-16)21(8-9-21)18(33)28-20-31-30-19(35-20)27-15-6-11-32(12-7-15)17-5-2-10-26-29-17/h1-5,10,13,15H,6-9,11-12H2,(H,27,30)(H,28,31,33). The van der Waals surface area contributed by atoms with Crippen LogP contribution in [-0.2, 0) is 10.2 Å². The van der Waals surface area contributed by atoms with Gasteiger partial charge in [-0.05, 0) is 55.5 Å². The number of ether oxygens (including phenoxy) is 1. The fourth-order valence-corrected chi connectivity index (χ4v) is 4.92. The van der Waals surface area contributed by atoms with Crippen LogP contribution in [0.3, 0.4) is 0 Å². The highest BCUT2D eigenvalue weighted by Gasteiger charge is 2.51. The van der Waals surface area contributed by atoms with Gasteiger partial charge in [-0.1, -0.05) is 23.5 Å². The predicted octanol–water partition coefficient (Wildman–Crippen LogP) is 3.98. The summed E-state index contributed by atoms with van der Waals surface area (Å²) < 4.78 is 41.7. The van der Waals surface area contributed by atoms with Crippen molar-refractivity contribution >= 4 is 33.3 Å². The van der Waals surface area contributed by atoms with Gasteiger partial charge in [-0.15, -0.1) is 28.5 Å². The van der Waals surface area contributed by atoms with Gasteiger partial charge in [0, 0.05) is 25.3 Å². The van der Waals surface area contributed by atoms with Gasteiger partial charge in [0.15, 0.2) is 5.82 Å². The van der Waals surface area contributed by atoms with Gasteiger partial charge >= 0.3 is 6.36 Å². The highest BCUT2D eigenvalue weighted by molar-refractivity contribution is 7.19. The van der Waals surface area contributed by atoms with Crippen molar-refractivity contribution < 1.29 is 22.7 Å². The van der Waals surface area contributed by atoms with E-state index in [-0.39, 0.29) is 17.7 Å². The summed E-state index contributed by atoms with van der Waals surface area (Å²) in [4.78, 5) is 15.2. The van der Waals surface area contributed by atoms with E-state index < -0.39 is 11.8 Å². The van der Waals surface area contributed by atoms with Crippen LogP contribution >= 0.6 is 11.3 Å². The Morgan fingerprint density at radius 2 is 1.86 bits per heavy atom. The number of nitrogens with zero attached hydrogens (tertiary/aromatic N) is 5. The van der Waals surface area contributed by atoms with Crippen LogP contribution in [0.4, 0.5) is 29.3 Å². The maximum atomic E-state index is 13.0. The van der Waals surface area contributed by atoms with Gasteiger partial charge in [0.25, 0.3) is 0 Å². The fraction of sp³-hybridized carbons (Fsp3) is 0.409. The molecule has 3 aromatic rings. The van der Waals surface area contributed by atoms with Gasteiger partial charge in [-0.2, -0.15) is 5.10 Å².